The van der Waals surface area contributed by atoms with Gasteiger partial charge in [0, 0.05) is 4.47 Å². The van der Waals surface area contributed by atoms with Crippen molar-refractivity contribution in [2.45, 2.75) is 0 Å². The highest BCUT2D eigenvalue weighted by Gasteiger charge is 2.27. The fourth-order valence-electron chi connectivity index (χ4n) is 1.07. The van der Waals surface area contributed by atoms with Crippen molar-refractivity contribution in [1.29, 1.82) is 0 Å². The zero-order valence-corrected chi connectivity index (χ0v) is 13.0. The highest BCUT2D eigenvalue weighted by atomic mass is 79.9. The molecule has 0 amide bonds. The lowest BCUT2D eigenvalue weighted by Crippen LogP contribution is -2.01. The third-order valence-electron chi connectivity index (χ3n) is 1.89. The average Bonchev–Trinajstić information content (AvgIpc) is 2.78. The summed E-state index contributed by atoms with van der Waals surface area (Å²) in [4.78, 5) is 10.5. The molecule has 0 N–H and O–H groups in total. The Kier molecular flexibility index (Phi) is 4.97. The van der Waals surface area contributed by atoms with Crippen molar-refractivity contribution < 1.29 is 4.92 Å². The Bertz CT molecular complexity index is 603. The van der Waals surface area contributed by atoms with Gasteiger partial charge >= 0.3 is 5.82 Å². The number of rotatable bonds is 3. The van der Waals surface area contributed by atoms with Crippen LogP contribution in [-0.4, -0.2) is 10.1 Å². The van der Waals surface area contributed by atoms with E-state index in [4.69, 9.17) is 11.6 Å². The van der Waals surface area contributed by atoms with E-state index in [1.54, 1.807) is 24.3 Å². The summed E-state index contributed by atoms with van der Waals surface area (Å²) in [5.41, 5.74) is 0.506. The number of halogens is 2. The van der Waals surface area contributed by atoms with Gasteiger partial charge in [-0.1, -0.05) is 27.5 Å². The summed E-state index contributed by atoms with van der Waals surface area (Å²) < 4.78 is 4.67. The van der Waals surface area contributed by atoms with Crippen LogP contribution in [0, 0.1) is 10.1 Å². The Balaban J connectivity index is 2.30. The maximum absolute atomic E-state index is 11.0. The molecule has 0 radical (unpaired) electrons. The van der Waals surface area contributed by atoms with Gasteiger partial charge in [-0.05, 0) is 45.1 Å². The Morgan fingerprint density at radius 2 is 2.11 bits per heavy atom. The molecule has 1 aliphatic heterocycles. The van der Waals surface area contributed by atoms with Crippen molar-refractivity contribution in [2.24, 2.45) is 14.6 Å². The van der Waals surface area contributed by atoms with E-state index in [0.29, 0.717) is 5.69 Å². The fraction of sp³-hybridized carbons (Fsp3) is 0. The quantitative estimate of drug-likeness (QED) is 0.245. The van der Waals surface area contributed by atoms with Gasteiger partial charge in [0.15, 0.2) is 10.1 Å². The Morgan fingerprint density at radius 3 is 2.63 bits per heavy atom. The second kappa shape index (κ2) is 6.51. The average molecular weight is 380 g/mol. The van der Waals surface area contributed by atoms with E-state index in [2.05, 4.69) is 30.6 Å². The van der Waals surface area contributed by atoms with E-state index in [1.807, 2.05) is 0 Å². The van der Waals surface area contributed by atoms with Gasteiger partial charge in [-0.25, -0.2) is 0 Å². The number of nitrogens with zero attached hydrogens (tertiary/aromatic N) is 4. The van der Waals surface area contributed by atoms with Crippen molar-refractivity contribution in [2.75, 3.05) is 0 Å². The van der Waals surface area contributed by atoms with Crippen LogP contribution < -0.4 is 0 Å². The van der Waals surface area contributed by atoms with Crippen LogP contribution in [-0.2, 0) is 0 Å². The molecule has 98 valence electrons. The Hall–Kier alpha value is -0.900. The number of hydrogen-bond donors (Lipinski definition) is 0. The lowest BCUT2D eigenvalue weighted by Gasteiger charge is -1.95. The SMILES string of the molecule is O=[N+]([O-])/C(N=Nc1ccc(Br)cc1)=C1/SSN=C1Cl. The van der Waals surface area contributed by atoms with Gasteiger partial charge in [0.1, 0.15) is 5.69 Å². The number of nitro groups is 1. The Labute approximate surface area is 129 Å². The molecule has 0 atom stereocenters. The van der Waals surface area contributed by atoms with E-state index >= 15 is 0 Å². The van der Waals surface area contributed by atoms with Crippen molar-refractivity contribution >= 4 is 60.2 Å². The van der Waals surface area contributed by atoms with Crippen LogP contribution >= 0.6 is 49.3 Å². The van der Waals surface area contributed by atoms with E-state index in [1.165, 1.54) is 0 Å². The van der Waals surface area contributed by atoms with Crippen LogP contribution in [0.3, 0.4) is 0 Å². The third kappa shape index (κ3) is 3.78. The van der Waals surface area contributed by atoms with E-state index in [-0.39, 0.29) is 10.1 Å². The second-order valence-corrected chi connectivity index (χ2v) is 6.25. The standard InChI is InChI=1S/C9H4BrClN4O2S2/c10-5-1-3-6(4-2-5)12-13-9(15(16)17)7-8(11)14-19-18-7/h1-4H/b9-7+,13-12?. The molecule has 1 aromatic carbocycles. The Morgan fingerprint density at radius 1 is 1.42 bits per heavy atom. The van der Waals surface area contributed by atoms with E-state index in [9.17, 15) is 10.1 Å². The molecule has 6 nitrogen and oxygen atoms in total. The molecule has 1 heterocycles. The van der Waals surface area contributed by atoms with Crippen molar-refractivity contribution in [3.63, 3.8) is 0 Å². The number of azo groups is 1. The number of allylic oxidation sites excluding steroid dienone is 1. The lowest BCUT2D eigenvalue weighted by atomic mass is 10.3. The molecule has 0 spiro atoms. The topological polar surface area (TPSA) is 80.2 Å². The van der Waals surface area contributed by atoms with Crippen LogP contribution in [0.15, 0.2) is 54.1 Å². The molecule has 0 bridgehead atoms. The van der Waals surface area contributed by atoms with Crippen LogP contribution in [0.1, 0.15) is 0 Å². The monoisotopic (exact) mass is 378 g/mol. The third-order valence-corrected chi connectivity index (χ3v) is 4.72. The molecule has 2 rings (SSSR count). The van der Waals surface area contributed by atoms with E-state index < -0.39 is 10.7 Å². The molecule has 0 fully saturated rings. The first kappa shape index (κ1) is 14.5. The van der Waals surface area contributed by atoms with Crippen LogP contribution in [0.2, 0.25) is 0 Å². The van der Waals surface area contributed by atoms with Gasteiger partial charge in [0.25, 0.3) is 0 Å². The largest absolute Gasteiger partial charge is 0.408 e. The van der Waals surface area contributed by atoms with Gasteiger partial charge in [0.05, 0.1) is 16.1 Å². The van der Waals surface area contributed by atoms with E-state index in [0.717, 1.165) is 26.2 Å². The van der Waals surface area contributed by atoms with Gasteiger partial charge in [0.2, 0.25) is 0 Å². The first-order valence-corrected chi connectivity index (χ1v) is 7.99. The zero-order valence-electron chi connectivity index (χ0n) is 8.99. The summed E-state index contributed by atoms with van der Waals surface area (Å²) in [6.45, 7) is 0. The predicted molar refractivity (Wildman–Crippen MR) is 81.1 cm³/mol. The predicted octanol–water partition coefficient (Wildman–Crippen LogP) is 4.93. The van der Waals surface area contributed by atoms with Gasteiger partial charge in [-0.15, -0.1) is 0 Å². The van der Waals surface area contributed by atoms with Crippen molar-refractivity contribution in [3.05, 3.63) is 49.6 Å². The molecule has 19 heavy (non-hydrogen) atoms. The van der Waals surface area contributed by atoms with Crippen LogP contribution in [0.25, 0.3) is 0 Å². The van der Waals surface area contributed by atoms with Gasteiger partial charge in [-0.2, -0.15) is 4.40 Å². The van der Waals surface area contributed by atoms with Crippen molar-refractivity contribution in [1.82, 2.24) is 0 Å². The van der Waals surface area contributed by atoms with Gasteiger partial charge < -0.3 is 10.1 Å². The molecule has 0 unspecified atom stereocenters. The zero-order chi connectivity index (χ0) is 13.8. The maximum atomic E-state index is 11.0. The van der Waals surface area contributed by atoms with Crippen molar-refractivity contribution in [3.8, 4) is 0 Å². The minimum atomic E-state index is -0.630. The first-order valence-electron chi connectivity index (χ1n) is 4.71. The molecule has 0 aromatic heterocycles. The normalized spacial score (nSPS) is 17.7. The molecule has 10 heteroatoms. The molecular formula is C9H4BrClN4O2S2. The number of benzene rings is 1. The van der Waals surface area contributed by atoms with Gasteiger partial charge in [-0.3, -0.25) is 0 Å². The highest BCUT2D eigenvalue weighted by molar-refractivity contribution is 9.10. The molecular weight excluding hydrogens is 376 g/mol. The summed E-state index contributed by atoms with van der Waals surface area (Å²) in [6.07, 6.45) is 0. The molecule has 1 aliphatic rings. The summed E-state index contributed by atoms with van der Waals surface area (Å²) in [6, 6.07) is 6.90. The fourth-order valence-corrected chi connectivity index (χ4v) is 3.55. The summed E-state index contributed by atoms with van der Waals surface area (Å²) in [5.74, 6) is -0.410. The summed E-state index contributed by atoms with van der Waals surface area (Å²) in [7, 11) is 2.14. The summed E-state index contributed by atoms with van der Waals surface area (Å²) in [5, 5.41) is 18.5. The molecule has 0 saturated carbocycles. The first-order chi connectivity index (χ1) is 9.08. The molecule has 1 aromatic rings. The lowest BCUT2D eigenvalue weighted by molar-refractivity contribution is -0.426. The second-order valence-electron chi connectivity index (χ2n) is 3.13. The summed E-state index contributed by atoms with van der Waals surface area (Å²) >= 11 is 9.04. The number of hydrogen-bond acceptors (Lipinski definition) is 7. The molecule has 0 aliphatic carbocycles. The smallest absolute Gasteiger partial charge is 0.358 e. The highest BCUT2D eigenvalue weighted by Crippen LogP contribution is 2.42. The maximum Gasteiger partial charge on any atom is 0.408 e. The minimum absolute atomic E-state index is 0.0662. The van der Waals surface area contributed by atoms with Crippen LogP contribution in [0.5, 0.6) is 0 Å². The molecule has 0 saturated heterocycles. The minimum Gasteiger partial charge on any atom is -0.358 e. The van der Waals surface area contributed by atoms with Crippen LogP contribution in [0.4, 0.5) is 5.69 Å².